The largest absolute Gasteiger partial charge is 0.324 e. The van der Waals surface area contributed by atoms with Crippen molar-refractivity contribution in [2.75, 3.05) is 0 Å². The number of nitrogens with two attached hydrogens (primary N) is 1. The summed E-state index contributed by atoms with van der Waals surface area (Å²) < 4.78 is 0. The number of hydrogen-bond donors (Lipinski definition) is 1. The van der Waals surface area contributed by atoms with E-state index < -0.39 is 0 Å². The second-order valence-electron chi connectivity index (χ2n) is 3.09. The van der Waals surface area contributed by atoms with Gasteiger partial charge in [0.1, 0.15) is 0 Å². The molecule has 0 amide bonds. The van der Waals surface area contributed by atoms with Crippen molar-refractivity contribution in [3.63, 3.8) is 0 Å². The molecule has 1 heteroatoms. The maximum absolute atomic E-state index is 5.74. The van der Waals surface area contributed by atoms with Crippen molar-refractivity contribution in [3.8, 4) is 0 Å². The average molecular weight is 191 g/mol. The molecule has 0 aliphatic carbocycles. The smallest absolute Gasteiger partial charge is 0.0262 e. The summed E-state index contributed by atoms with van der Waals surface area (Å²) >= 11 is 0. The highest BCUT2D eigenvalue weighted by Crippen LogP contribution is 2.05. The minimum Gasteiger partial charge on any atom is -0.324 e. The molecule has 0 spiro atoms. The van der Waals surface area contributed by atoms with Crippen LogP contribution in [0.5, 0.6) is 0 Å². The van der Waals surface area contributed by atoms with Gasteiger partial charge in [-0.3, -0.25) is 0 Å². The van der Waals surface area contributed by atoms with Crippen molar-refractivity contribution in [1.82, 2.24) is 0 Å². The van der Waals surface area contributed by atoms with Crippen LogP contribution in [0.1, 0.15) is 25.0 Å². The summed E-state index contributed by atoms with van der Waals surface area (Å²) in [6, 6.07) is 8.47. The lowest BCUT2D eigenvalue weighted by Gasteiger charge is -2.06. The SMILES string of the molecule is C=CC(N)Cc1cccc(C)c1.CC. The van der Waals surface area contributed by atoms with Crippen LogP contribution < -0.4 is 5.73 Å². The second kappa shape index (κ2) is 7.34. The van der Waals surface area contributed by atoms with Crippen LogP contribution in [0.15, 0.2) is 36.9 Å². The van der Waals surface area contributed by atoms with Gasteiger partial charge in [0.15, 0.2) is 0 Å². The topological polar surface area (TPSA) is 26.0 Å². The lowest BCUT2D eigenvalue weighted by molar-refractivity contribution is 0.811. The lowest BCUT2D eigenvalue weighted by atomic mass is 10.0. The predicted molar refractivity (Wildman–Crippen MR) is 64.4 cm³/mol. The van der Waals surface area contributed by atoms with E-state index in [1.807, 2.05) is 13.8 Å². The summed E-state index contributed by atoms with van der Waals surface area (Å²) in [4.78, 5) is 0. The first kappa shape index (κ1) is 12.9. The predicted octanol–water partition coefficient (Wildman–Crippen LogP) is 3.08. The third-order valence-electron chi connectivity index (χ3n) is 1.86. The van der Waals surface area contributed by atoms with Gasteiger partial charge in [0.05, 0.1) is 0 Å². The molecule has 1 aromatic rings. The Morgan fingerprint density at radius 3 is 2.57 bits per heavy atom. The first-order valence-electron chi connectivity index (χ1n) is 5.16. The zero-order valence-corrected chi connectivity index (χ0v) is 9.46. The normalized spacial score (nSPS) is 11.1. The van der Waals surface area contributed by atoms with Gasteiger partial charge in [-0.2, -0.15) is 0 Å². The monoisotopic (exact) mass is 191 g/mol. The maximum atomic E-state index is 5.74. The minimum atomic E-state index is 0.0757. The molecule has 0 heterocycles. The van der Waals surface area contributed by atoms with Gasteiger partial charge in [-0.25, -0.2) is 0 Å². The Morgan fingerprint density at radius 1 is 1.43 bits per heavy atom. The summed E-state index contributed by atoms with van der Waals surface area (Å²) in [5.41, 5.74) is 8.30. The number of rotatable bonds is 3. The standard InChI is InChI=1S/C11H15N.C2H6/c1-3-11(12)8-10-6-4-5-9(2)7-10;1-2/h3-7,11H,1,8,12H2,2H3;1-2H3. The van der Waals surface area contributed by atoms with Gasteiger partial charge in [0, 0.05) is 6.04 Å². The van der Waals surface area contributed by atoms with Crippen molar-refractivity contribution in [2.24, 2.45) is 5.73 Å². The molecule has 0 saturated carbocycles. The molecule has 0 saturated heterocycles. The zero-order chi connectivity index (χ0) is 11.0. The molecule has 0 aromatic heterocycles. The molecule has 1 rings (SSSR count). The van der Waals surface area contributed by atoms with E-state index in [1.165, 1.54) is 11.1 Å². The summed E-state index contributed by atoms with van der Waals surface area (Å²) in [5.74, 6) is 0. The molecule has 1 aromatic carbocycles. The van der Waals surface area contributed by atoms with Crippen LogP contribution in [-0.4, -0.2) is 6.04 Å². The Bertz CT molecular complexity index is 266. The van der Waals surface area contributed by atoms with Crippen LogP contribution in [0.25, 0.3) is 0 Å². The summed E-state index contributed by atoms with van der Waals surface area (Å²) in [5, 5.41) is 0. The second-order valence-corrected chi connectivity index (χ2v) is 3.09. The van der Waals surface area contributed by atoms with Gasteiger partial charge in [0.2, 0.25) is 0 Å². The molecular weight excluding hydrogens is 170 g/mol. The Morgan fingerprint density at radius 2 is 2.07 bits per heavy atom. The molecule has 0 radical (unpaired) electrons. The molecule has 1 nitrogen and oxygen atoms in total. The van der Waals surface area contributed by atoms with Crippen LogP contribution in [-0.2, 0) is 6.42 Å². The van der Waals surface area contributed by atoms with Crippen molar-refractivity contribution in [2.45, 2.75) is 33.2 Å². The minimum absolute atomic E-state index is 0.0757. The highest BCUT2D eigenvalue weighted by atomic mass is 14.6. The Labute approximate surface area is 87.6 Å². The maximum Gasteiger partial charge on any atom is 0.0262 e. The molecule has 1 unspecified atom stereocenters. The van der Waals surface area contributed by atoms with Crippen LogP contribution in [0.2, 0.25) is 0 Å². The molecule has 0 aliphatic heterocycles. The molecule has 0 fully saturated rings. The van der Waals surface area contributed by atoms with E-state index in [4.69, 9.17) is 5.73 Å². The number of aryl methyl sites for hydroxylation is 1. The van der Waals surface area contributed by atoms with Crippen LogP contribution in [0.3, 0.4) is 0 Å². The molecule has 2 N–H and O–H groups in total. The Balaban J connectivity index is 0.000000791. The number of hydrogen-bond acceptors (Lipinski definition) is 1. The lowest BCUT2D eigenvalue weighted by Crippen LogP contribution is -2.19. The molecule has 0 aliphatic rings. The van der Waals surface area contributed by atoms with E-state index in [0.29, 0.717) is 0 Å². The van der Waals surface area contributed by atoms with E-state index in [2.05, 4.69) is 37.8 Å². The van der Waals surface area contributed by atoms with Gasteiger partial charge in [-0.1, -0.05) is 49.8 Å². The van der Waals surface area contributed by atoms with E-state index in [-0.39, 0.29) is 6.04 Å². The van der Waals surface area contributed by atoms with Crippen LogP contribution >= 0.6 is 0 Å². The fourth-order valence-electron chi connectivity index (χ4n) is 1.19. The molecule has 14 heavy (non-hydrogen) atoms. The Hall–Kier alpha value is -1.08. The van der Waals surface area contributed by atoms with Gasteiger partial charge in [0.25, 0.3) is 0 Å². The van der Waals surface area contributed by atoms with E-state index in [1.54, 1.807) is 6.08 Å². The fourth-order valence-corrected chi connectivity index (χ4v) is 1.19. The number of benzene rings is 1. The van der Waals surface area contributed by atoms with E-state index >= 15 is 0 Å². The van der Waals surface area contributed by atoms with Gasteiger partial charge in [-0.05, 0) is 18.9 Å². The third kappa shape index (κ3) is 4.83. The first-order chi connectivity index (χ1) is 6.72. The van der Waals surface area contributed by atoms with Gasteiger partial charge >= 0.3 is 0 Å². The van der Waals surface area contributed by atoms with Crippen LogP contribution in [0.4, 0.5) is 0 Å². The van der Waals surface area contributed by atoms with E-state index in [0.717, 1.165) is 6.42 Å². The third-order valence-corrected chi connectivity index (χ3v) is 1.86. The summed E-state index contributed by atoms with van der Waals surface area (Å²) in [6.07, 6.45) is 2.66. The highest BCUT2D eigenvalue weighted by Gasteiger charge is 1.98. The fraction of sp³-hybridized carbons (Fsp3) is 0.385. The highest BCUT2D eigenvalue weighted by molar-refractivity contribution is 5.23. The quantitative estimate of drug-likeness (QED) is 0.730. The van der Waals surface area contributed by atoms with Crippen molar-refractivity contribution in [3.05, 3.63) is 48.0 Å². The summed E-state index contributed by atoms with van der Waals surface area (Å²) in [7, 11) is 0. The van der Waals surface area contributed by atoms with Crippen molar-refractivity contribution in [1.29, 1.82) is 0 Å². The van der Waals surface area contributed by atoms with Gasteiger partial charge < -0.3 is 5.73 Å². The van der Waals surface area contributed by atoms with Crippen molar-refractivity contribution < 1.29 is 0 Å². The summed E-state index contributed by atoms with van der Waals surface area (Å²) in [6.45, 7) is 9.74. The van der Waals surface area contributed by atoms with Gasteiger partial charge in [-0.15, -0.1) is 6.58 Å². The van der Waals surface area contributed by atoms with Crippen LogP contribution in [0, 0.1) is 6.92 Å². The Kier molecular flexibility index (Phi) is 6.77. The zero-order valence-electron chi connectivity index (χ0n) is 9.46. The van der Waals surface area contributed by atoms with Crippen molar-refractivity contribution >= 4 is 0 Å². The molecule has 0 bridgehead atoms. The molecule has 78 valence electrons. The first-order valence-corrected chi connectivity index (χ1v) is 5.16. The molecular formula is C13H21N. The average Bonchev–Trinajstić information content (AvgIpc) is 2.21. The van der Waals surface area contributed by atoms with E-state index in [9.17, 15) is 0 Å². The molecule has 1 atom stereocenters.